The van der Waals surface area contributed by atoms with Crippen molar-refractivity contribution in [1.29, 1.82) is 0 Å². The van der Waals surface area contributed by atoms with Gasteiger partial charge in [0.2, 0.25) is 16.1 Å². The molecule has 8 heteroatoms. The van der Waals surface area contributed by atoms with E-state index in [1.54, 1.807) is 18.2 Å². The second-order valence-electron chi connectivity index (χ2n) is 5.50. The molecule has 142 valence electrons. The lowest BCUT2D eigenvalue weighted by atomic mass is 10.1. The summed E-state index contributed by atoms with van der Waals surface area (Å²) in [6, 6.07) is 16.6. The standard InChI is InChI=1S/C18H15NO2.CH4O4S/c1-19-15(11-9-13-5-2-3-7-16(13)20)12-10-14-6-4-8-17(21)18(14)19;1-5-6(2,3)4/h2-12,21H,1H3;1H3,(H,2,3,4). The zero-order valence-electron chi connectivity index (χ0n) is 14.7. The maximum Gasteiger partial charge on any atom is 0.254 e. The number of aromatic nitrogens is 1. The fraction of sp³-hybridized carbons (Fsp3) is 0.105. The van der Waals surface area contributed by atoms with Gasteiger partial charge in [-0.25, -0.2) is 8.42 Å². The van der Waals surface area contributed by atoms with Crippen LogP contribution >= 0.6 is 0 Å². The summed E-state index contributed by atoms with van der Waals surface area (Å²) in [5.74, 6) is 0.507. The third-order valence-electron chi connectivity index (χ3n) is 3.78. The van der Waals surface area contributed by atoms with Crippen molar-refractivity contribution in [2.45, 2.75) is 0 Å². The number of rotatable bonds is 3. The second kappa shape index (κ2) is 8.63. The number of pyridine rings is 1. The van der Waals surface area contributed by atoms with Crippen LogP contribution in [0.5, 0.6) is 11.5 Å². The van der Waals surface area contributed by atoms with Crippen molar-refractivity contribution in [1.82, 2.24) is 0 Å². The minimum absolute atomic E-state index is 0.250. The third kappa shape index (κ3) is 5.52. The van der Waals surface area contributed by atoms with E-state index in [1.165, 1.54) is 0 Å². The largest absolute Gasteiger partial charge is 0.726 e. The molecule has 0 aliphatic carbocycles. The van der Waals surface area contributed by atoms with Crippen LogP contribution < -0.4 is 4.57 Å². The van der Waals surface area contributed by atoms with Crippen molar-refractivity contribution < 1.29 is 31.9 Å². The molecule has 0 bridgehead atoms. The Hall–Kier alpha value is -2.94. The molecule has 0 atom stereocenters. The first-order chi connectivity index (χ1) is 12.7. The summed E-state index contributed by atoms with van der Waals surface area (Å²) in [4.78, 5) is 0. The van der Waals surface area contributed by atoms with Crippen LogP contribution in [0.1, 0.15) is 11.3 Å². The highest BCUT2D eigenvalue weighted by Crippen LogP contribution is 2.22. The van der Waals surface area contributed by atoms with Gasteiger partial charge in [0.15, 0.2) is 5.75 Å². The first kappa shape index (κ1) is 20.4. The molecule has 0 saturated heterocycles. The van der Waals surface area contributed by atoms with Crippen molar-refractivity contribution in [3.63, 3.8) is 0 Å². The number of phenolic OH excluding ortho intramolecular Hbond substituents is 2. The summed E-state index contributed by atoms with van der Waals surface area (Å²) >= 11 is 0. The molecule has 3 rings (SSSR count). The Labute approximate surface area is 157 Å². The quantitative estimate of drug-likeness (QED) is 0.404. The zero-order chi connectivity index (χ0) is 20.0. The molecule has 0 saturated carbocycles. The summed E-state index contributed by atoms with van der Waals surface area (Å²) < 4.78 is 33.0. The van der Waals surface area contributed by atoms with Gasteiger partial charge in [-0.1, -0.05) is 24.3 Å². The molecule has 2 aromatic carbocycles. The van der Waals surface area contributed by atoms with E-state index in [0.29, 0.717) is 0 Å². The number of nitrogens with zero attached hydrogens (tertiary/aromatic N) is 1. The SMILES string of the molecule is COS(=O)(=O)[O-].C[n+]1c(/C=C/c2ccccc2O)ccc2cccc(O)c21. The van der Waals surface area contributed by atoms with Crippen molar-refractivity contribution in [2.75, 3.05) is 7.11 Å². The minimum Gasteiger partial charge on any atom is -0.726 e. The Morgan fingerprint density at radius 3 is 2.22 bits per heavy atom. The van der Waals surface area contributed by atoms with Gasteiger partial charge in [0.25, 0.3) is 5.52 Å². The van der Waals surface area contributed by atoms with E-state index in [9.17, 15) is 23.2 Å². The van der Waals surface area contributed by atoms with Crippen molar-refractivity contribution in [3.05, 3.63) is 65.9 Å². The van der Waals surface area contributed by atoms with Crippen molar-refractivity contribution in [3.8, 4) is 11.5 Å². The first-order valence-corrected chi connectivity index (χ1v) is 9.14. The molecule has 1 aromatic heterocycles. The maximum absolute atomic E-state index is 10.0. The highest BCUT2D eigenvalue weighted by atomic mass is 32.3. The normalized spacial score (nSPS) is 11.4. The average Bonchev–Trinajstić information content (AvgIpc) is 2.62. The number of fused-ring (bicyclic) bond motifs is 1. The molecule has 0 fully saturated rings. The van der Waals surface area contributed by atoms with Gasteiger partial charge in [0, 0.05) is 17.7 Å². The first-order valence-electron chi connectivity index (χ1n) is 7.81. The van der Waals surface area contributed by atoms with E-state index < -0.39 is 10.4 Å². The van der Waals surface area contributed by atoms with Crippen LogP contribution in [0.15, 0.2) is 54.6 Å². The lowest BCUT2D eigenvalue weighted by molar-refractivity contribution is -0.646. The minimum atomic E-state index is -4.41. The molecular formula is C19H19NO6S. The van der Waals surface area contributed by atoms with Crippen molar-refractivity contribution in [2.24, 2.45) is 7.05 Å². The molecule has 27 heavy (non-hydrogen) atoms. The fourth-order valence-electron chi connectivity index (χ4n) is 2.44. The van der Waals surface area contributed by atoms with Gasteiger partial charge in [-0.3, -0.25) is 4.18 Å². The Balaban J connectivity index is 0.000000380. The lowest BCUT2D eigenvalue weighted by Gasteiger charge is -2.02. The number of phenols is 2. The Morgan fingerprint density at radius 1 is 0.963 bits per heavy atom. The van der Waals surface area contributed by atoms with E-state index >= 15 is 0 Å². The van der Waals surface area contributed by atoms with E-state index in [2.05, 4.69) is 4.18 Å². The van der Waals surface area contributed by atoms with E-state index in [4.69, 9.17) is 0 Å². The summed E-state index contributed by atoms with van der Waals surface area (Å²) in [6.07, 6.45) is 3.78. The molecule has 3 aromatic rings. The molecule has 0 unspecified atom stereocenters. The average molecular weight is 389 g/mol. The number of aryl methyl sites for hydroxylation is 1. The highest BCUT2D eigenvalue weighted by Gasteiger charge is 2.13. The van der Waals surface area contributed by atoms with Crippen LogP contribution in [0.25, 0.3) is 23.1 Å². The van der Waals surface area contributed by atoms with Gasteiger partial charge >= 0.3 is 0 Å². The molecule has 1 heterocycles. The van der Waals surface area contributed by atoms with Gasteiger partial charge in [0.05, 0.1) is 12.5 Å². The summed E-state index contributed by atoms with van der Waals surface area (Å²) in [5, 5.41) is 20.8. The van der Waals surface area contributed by atoms with Crippen LogP contribution in [-0.2, 0) is 21.6 Å². The van der Waals surface area contributed by atoms with E-state index in [0.717, 1.165) is 29.3 Å². The zero-order valence-corrected chi connectivity index (χ0v) is 15.6. The maximum atomic E-state index is 10.0. The van der Waals surface area contributed by atoms with Gasteiger partial charge < -0.3 is 14.8 Å². The number of hydrogen-bond donors (Lipinski definition) is 2. The summed E-state index contributed by atoms with van der Waals surface area (Å²) in [7, 11) is -1.69. The Kier molecular flexibility index (Phi) is 6.51. The van der Waals surface area contributed by atoms with Crippen molar-refractivity contribution >= 4 is 33.5 Å². The number of hydrogen-bond acceptors (Lipinski definition) is 6. The van der Waals surface area contributed by atoms with Crippen LogP contribution in [0.2, 0.25) is 0 Å². The predicted octanol–water partition coefficient (Wildman–Crippen LogP) is 2.34. The summed E-state index contributed by atoms with van der Waals surface area (Å²) in [5.41, 5.74) is 2.49. The van der Waals surface area contributed by atoms with Gasteiger partial charge in [-0.2, -0.15) is 4.57 Å². The third-order valence-corrected chi connectivity index (χ3v) is 4.19. The van der Waals surface area contributed by atoms with Gasteiger partial charge in [-0.05, 0) is 30.3 Å². The monoisotopic (exact) mass is 389 g/mol. The second-order valence-corrected chi connectivity index (χ2v) is 6.65. The molecule has 7 nitrogen and oxygen atoms in total. The van der Waals surface area contributed by atoms with Crippen LogP contribution in [0, 0.1) is 0 Å². The van der Waals surface area contributed by atoms with Crippen LogP contribution in [0.4, 0.5) is 0 Å². The Morgan fingerprint density at radius 2 is 1.59 bits per heavy atom. The van der Waals surface area contributed by atoms with E-state index in [-0.39, 0.29) is 11.5 Å². The molecule has 0 radical (unpaired) electrons. The summed E-state index contributed by atoms with van der Waals surface area (Å²) in [6.45, 7) is 0. The molecule has 0 aliphatic rings. The molecule has 0 spiro atoms. The van der Waals surface area contributed by atoms with Crippen LogP contribution in [0.3, 0.4) is 0 Å². The smallest absolute Gasteiger partial charge is 0.254 e. The molecular weight excluding hydrogens is 370 g/mol. The van der Waals surface area contributed by atoms with E-state index in [1.807, 2.05) is 60.2 Å². The van der Waals surface area contributed by atoms with Gasteiger partial charge in [-0.15, -0.1) is 0 Å². The number of para-hydroxylation sites is 2. The van der Waals surface area contributed by atoms with Crippen LogP contribution in [-0.4, -0.2) is 30.3 Å². The molecule has 0 aliphatic heterocycles. The molecule has 2 N–H and O–H groups in total. The van der Waals surface area contributed by atoms with Gasteiger partial charge in [0.1, 0.15) is 12.8 Å². The number of aromatic hydroxyl groups is 2. The topological polar surface area (TPSA) is 111 Å². The fourth-order valence-corrected chi connectivity index (χ4v) is 2.44. The number of benzene rings is 2. The predicted molar refractivity (Wildman–Crippen MR) is 101 cm³/mol. The molecule has 0 amide bonds. The highest BCUT2D eigenvalue weighted by molar-refractivity contribution is 7.80. The Bertz CT molecular complexity index is 1080. The lowest BCUT2D eigenvalue weighted by Crippen LogP contribution is -2.32.